The highest BCUT2D eigenvalue weighted by Crippen LogP contribution is 2.38. The van der Waals surface area contributed by atoms with Gasteiger partial charge in [0.2, 0.25) is 5.91 Å². The van der Waals surface area contributed by atoms with Crippen LogP contribution in [0.5, 0.6) is 0 Å². The van der Waals surface area contributed by atoms with Crippen molar-refractivity contribution in [2.45, 2.75) is 39.0 Å². The highest BCUT2D eigenvalue weighted by atomic mass is 32.1. The van der Waals surface area contributed by atoms with E-state index >= 15 is 0 Å². The molecule has 1 aliphatic rings. The van der Waals surface area contributed by atoms with Crippen molar-refractivity contribution >= 4 is 28.8 Å². The molecule has 2 rings (SSSR count). The van der Waals surface area contributed by atoms with Crippen LogP contribution in [0.4, 0.5) is 5.69 Å². The minimum Gasteiger partial charge on any atom is -0.389 e. The van der Waals surface area contributed by atoms with Gasteiger partial charge < -0.3 is 10.6 Å². The molecule has 0 spiro atoms. The fraction of sp³-hybridized carbons (Fsp3) is 0.500. The number of hydrogen-bond acceptors (Lipinski definition) is 2. The summed E-state index contributed by atoms with van der Waals surface area (Å²) in [5.41, 5.74) is 7.08. The van der Waals surface area contributed by atoms with Gasteiger partial charge in [-0.25, -0.2) is 0 Å². The second-order valence-electron chi connectivity index (χ2n) is 5.90. The minimum atomic E-state index is -0.230. The average Bonchev–Trinajstić information content (AvgIpc) is 2.46. The molecule has 1 aliphatic carbocycles. The summed E-state index contributed by atoms with van der Waals surface area (Å²) in [5, 5.41) is 0. The van der Waals surface area contributed by atoms with Gasteiger partial charge in [0, 0.05) is 23.7 Å². The molecule has 0 unspecified atom stereocenters. The van der Waals surface area contributed by atoms with Crippen molar-refractivity contribution in [2.75, 3.05) is 11.9 Å². The van der Waals surface area contributed by atoms with Crippen LogP contribution in [0.3, 0.4) is 0 Å². The van der Waals surface area contributed by atoms with Gasteiger partial charge in [-0.3, -0.25) is 4.79 Å². The molecular formula is C16H22N2OS. The molecular weight excluding hydrogens is 268 g/mol. The smallest absolute Gasteiger partial charge is 0.232 e. The Hall–Kier alpha value is -1.42. The molecule has 0 bridgehead atoms. The first-order chi connectivity index (χ1) is 9.44. The van der Waals surface area contributed by atoms with Crippen molar-refractivity contribution in [2.24, 2.45) is 11.1 Å². The van der Waals surface area contributed by atoms with Gasteiger partial charge >= 0.3 is 0 Å². The van der Waals surface area contributed by atoms with Gasteiger partial charge in [-0.15, -0.1) is 0 Å². The lowest BCUT2D eigenvalue weighted by Crippen LogP contribution is -2.41. The lowest BCUT2D eigenvalue weighted by Gasteiger charge is -2.35. The van der Waals surface area contributed by atoms with E-state index in [0.717, 1.165) is 36.9 Å². The number of nitrogens with zero attached hydrogens (tertiary/aromatic N) is 1. The molecule has 2 N–H and O–H groups in total. The number of thiocarbonyl (C=S) groups is 1. The zero-order valence-electron chi connectivity index (χ0n) is 12.2. The van der Waals surface area contributed by atoms with E-state index in [1.165, 1.54) is 6.42 Å². The van der Waals surface area contributed by atoms with Crippen molar-refractivity contribution in [1.82, 2.24) is 0 Å². The maximum absolute atomic E-state index is 12.8. The fourth-order valence-electron chi connectivity index (χ4n) is 2.94. The summed E-state index contributed by atoms with van der Waals surface area (Å²) in [4.78, 5) is 14.9. The molecule has 0 aliphatic heterocycles. The SMILES string of the molecule is CN(C(=O)C1(C)CCCCC1)c1cccc(C(N)=S)c1. The second kappa shape index (κ2) is 5.92. The first-order valence-electron chi connectivity index (χ1n) is 7.12. The predicted octanol–water partition coefficient (Wildman–Crippen LogP) is 3.25. The summed E-state index contributed by atoms with van der Waals surface area (Å²) in [5.74, 6) is 0.192. The Kier molecular flexibility index (Phi) is 4.43. The predicted molar refractivity (Wildman–Crippen MR) is 86.9 cm³/mol. The lowest BCUT2D eigenvalue weighted by molar-refractivity contribution is -0.128. The van der Waals surface area contributed by atoms with E-state index in [1.54, 1.807) is 4.90 Å². The number of benzene rings is 1. The normalized spacial score (nSPS) is 17.5. The molecule has 0 aromatic heterocycles. The number of carbonyl (C=O) groups is 1. The van der Waals surface area contributed by atoms with Gasteiger partial charge in [0.15, 0.2) is 0 Å². The van der Waals surface area contributed by atoms with Crippen LogP contribution in [0.25, 0.3) is 0 Å². The molecule has 1 aromatic rings. The fourth-order valence-corrected chi connectivity index (χ4v) is 3.06. The van der Waals surface area contributed by atoms with Gasteiger partial charge in [-0.2, -0.15) is 0 Å². The standard InChI is InChI=1S/C16H22N2OS/c1-16(9-4-3-5-10-16)15(19)18(2)13-8-6-7-12(11-13)14(17)20/h6-8,11H,3-5,9-10H2,1-2H3,(H2,17,20). The molecule has 1 saturated carbocycles. The third-order valence-corrected chi connectivity index (χ3v) is 4.53. The number of nitrogens with two attached hydrogens (primary N) is 1. The molecule has 4 heteroatoms. The van der Waals surface area contributed by atoms with Crippen LogP contribution < -0.4 is 10.6 Å². The van der Waals surface area contributed by atoms with Crippen molar-refractivity contribution in [3.8, 4) is 0 Å². The van der Waals surface area contributed by atoms with E-state index in [2.05, 4.69) is 6.92 Å². The van der Waals surface area contributed by atoms with Gasteiger partial charge in [-0.1, -0.05) is 50.5 Å². The van der Waals surface area contributed by atoms with E-state index < -0.39 is 0 Å². The quantitative estimate of drug-likeness (QED) is 0.869. The van der Waals surface area contributed by atoms with Crippen LogP contribution >= 0.6 is 12.2 Å². The second-order valence-corrected chi connectivity index (χ2v) is 6.34. The number of amides is 1. The topological polar surface area (TPSA) is 46.3 Å². The molecule has 0 heterocycles. The van der Waals surface area contributed by atoms with Crippen molar-refractivity contribution in [3.63, 3.8) is 0 Å². The van der Waals surface area contributed by atoms with Crippen LogP contribution in [-0.2, 0) is 4.79 Å². The van der Waals surface area contributed by atoms with Gasteiger partial charge in [0.1, 0.15) is 4.99 Å². The zero-order chi connectivity index (χ0) is 14.8. The summed E-state index contributed by atoms with van der Waals surface area (Å²) in [6.45, 7) is 2.09. The van der Waals surface area contributed by atoms with E-state index in [9.17, 15) is 4.79 Å². The van der Waals surface area contributed by atoms with E-state index in [1.807, 2.05) is 31.3 Å². The third-order valence-electron chi connectivity index (χ3n) is 4.30. The van der Waals surface area contributed by atoms with E-state index in [0.29, 0.717) is 4.99 Å². The highest BCUT2D eigenvalue weighted by molar-refractivity contribution is 7.80. The summed E-state index contributed by atoms with van der Waals surface area (Å²) < 4.78 is 0. The Balaban J connectivity index is 2.22. The van der Waals surface area contributed by atoms with Crippen LogP contribution in [0.15, 0.2) is 24.3 Å². The lowest BCUT2D eigenvalue weighted by atomic mass is 9.74. The molecule has 108 valence electrons. The highest BCUT2D eigenvalue weighted by Gasteiger charge is 2.36. The van der Waals surface area contributed by atoms with Crippen LogP contribution in [0.1, 0.15) is 44.6 Å². The maximum Gasteiger partial charge on any atom is 0.232 e. The number of anilines is 1. The van der Waals surface area contributed by atoms with Crippen LogP contribution in [-0.4, -0.2) is 17.9 Å². The monoisotopic (exact) mass is 290 g/mol. The Morgan fingerprint density at radius 3 is 2.55 bits per heavy atom. The minimum absolute atomic E-state index is 0.192. The van der Waals surface area contributed by atoms with Crippen molar-refractivity contribution in [1.29, 1.82) is 0 Å². The van der Waals surface area contributed by atoms with E-state index in [4.69, 9.17) is 18.0 Å². The van der Waals surface area contributed by atoms with E-state index in [-0.39, 0.29) is 11.3 Å². The average molecular weight is 290 g/mol. The summed E-state index contributed by atoms with van der Waals surface area (Å²) in [6, 6.07) is 7.56. The third kappa shape index (κ3) is 3.01. The first-order valence-corrected chi connectivity index (χ1v) is 7.53. The number of carbonyl (C=O) groups excluding carboxylic acids is 1. The molecule has 1 amide bonds. The molecule has 0 saturated heterocycles. The zero-order valence-corrected chi connectivity index (χ0v) is 13.0. The summed E-state index contributed by atoms with van der Waals surface area (Å²) in [7, 11) is 1.83. The summed E-state index contributed by atoms with van der Waals surface area (Å²) >= 11 is 5.00. The Bertz CT molecular complexity index is 521. The molecule has 20 heavy (non-hydrogen) atoms. The molecule has 1 aromatic carbocycles. The van der Waals surface area contributed by atoms with Gasteiger partial charge in [0.05, 0.1) is 0 Å². The van der Waals surface area contributed by atoms with Crippen molar-refractivity contribution < 1.29 is 4.79 Å². The largest absolute Gasteiger partial charge is 0.389 e. The Labute approximate surface area is 126 Å². The van der Waals surface area contributed by atoms with Crippen molar-refractivity contribution in [3.05, 3.63) is 29.8 Å². The summed E-state index contributed by atoms with van der Waals surface area (Å²) in [6.07, 6.45) is 5.48. The van der Waals surface area contributed by atoms with Crippen LogP contribution in [0.2, 0.25) is 0 Å². The first kappa shape index (κ1) is 15.0. The van der Waals surface area contributed by atoms with Crippen LogP contribution in [0, 0.1) is 5.41 Å². The Morgan fingerprint density at radius 1 is 1.30 bits per heavy atom. The molecule has 1 fully saturated rings. The maximum atomic E-state index is 12.8. The number of rotatable bonds is 3. The molecule has 3 nitrogen and oxygen atoms in total. The van der Waals surface area contributed by atoms with Gasteiger partial charge in [0.25, 0.3) is 0 Å². The Morgan fingerprint density at radius 2 is 1.95 bits per heavy atom. The number of hydrogen-bond donors (Lipinski definition) is 1. The molecule has 0 radical (unpaired) electrons. The van der Waals surface area contributed by atoms with Gasteiger partial charge in [-0.05, 0) is 25.0 Å². The molecule has 0 atom stereocenters.